The number of hydrogen-bond acceptors (Lipinski definition) is 10. The van der Waals surface area contributed by atoms with Gasteiger partial charge in [0, 0.05) is 35.5 Å². The lowest BCUT2D eigenvalue weighted by Gasteiger charge is -2.12. The molecule has 0 radical (unpaired) electrons. The fraction of sp³-hybridized carbons (Fsp3) is 0.275. The molecule has 0 amide bonds. The number of carbonyl (C=O) groups is 3. The first kappa shape index (κ1) is 45.2. The first-order chi connectivity index (χ1) is 29.8. The number of aliphatic hydroxyl groups excluding tert-OH is 2. The highest BCUT2D eigenvalue weighted by Gasteiger charge is 2.20. The van der Waals surface area contributed by atoms with Crippen LogP contribution in [0.2, 0.25) is 0 Å². The highest BCUT2D eigenvalue weighted by Crippen LogP contribution is 2.27. The summed E-state index contributed by atoms with van der Waals surface area (Å²) in [5.41, 5.74) is 3.42. The van der Waals surface area contributed by atoms with Crippen molar-refractivity contribution >= 4 is 17.9 Å². The lowest BCUT2D eigenvalue weighted by Crippen LogP contribution is -2.14. The van der Waals surface area contributed by atoms with Crippen LogP contribution in [0.15, 0.2) is 115 Å². The average molecular weight is 823 g/mol. The van der Waals surface area contributed by atoms with Crippen molar-refractivity contribution in [3.63, 3.8) is 0 Å². The summed E-state index contributed by atoms with van der Waals surface area (Å²) >= 11 is 0. The van der Waals surface area contributed by atoms with Gasteiger partial charge in [0.2, 0.25) is 0 Å². The molecule has 0 bridgehead atoms. The summed E-state index contributed by atoms with van der Waals surface area (Å²) in [6, 6.07) is 32.3. The Kier molecular flexibility index (Phi) is 18.5. The smallest absolute Gasteiger partial charge is 0.343 e. The van der Waals surface area contributed by atoms with Gasteiger partial charge in [0.05, 0.1) is 30.9 Å². The van der Waals surface area contributed by atoms with Gasteiger partial charge in [-0.3, -0.25) is 0 Å². The van der Waals surface area contributed by atoms with Gasteiger partial charge in [-0.15, -0.1) is 0 Å². The lowest BCUT2D eigenvalue weighted by atomic mass is 10.1. The van der Waals surface area contributed by atoms with E-state index in [0.29, 0.717) is 24.3 Å². The van der Waals surface area contributed by atoms with Gasteiger partial charge in [-0.1, -0.05) is 36.5 Å². The number of carbonyl (C=O) groups excluding carboxylic acids is 3. The third kappa shape index (κ3) is 15.4. The zero-order chi connectivity index (χ0) is 43.1. The molecule has 5 aromatic rings. The number of rotatable bonds is 20. The summed E-state index contributed by atoms with van der Waals surface area (Å²) < 4.78 is 28.0. The van der Waals surface area contributed by atoms with Gasteiger partial charge in [0.15, 0.2) is 0 Å². The fourth-order valence-electron chi connectivity index (χ4n) is 5.81. The number of ether oxygens (including phenoxy) is 5. The molecule has 0 aliphatic heterocycles. The minimum absolute atomic E-state index is 0.0567. The van der Waals surface area contributed by atoms with Crippen LogP contribution < -0.4 is 18.9 Å². The van der Waals surface area contributed by atoms with Crippen molar-refractivity contribution in [2.24, 2.45) is 0 Å². The van der Waals surface area contributed by atoms with Gasteiger partial charge < -0.3 is 33.9 Å². The molecule has 5 rings (SSSR count). The van der Waals surface area contributed by atoms with E-state index in [4.69, 9.17) is 33.9 Å². The molecule has 10 heteroatoms. The first-order valence-corrected chi connectivity index (χ1v) is 20.5. The second-order valence-corrected chi connectivity index (χ2v) is 13.8. The van der Waals surface area contributed by atoms with Crippen molar-refractivity contribution in [1.29, 1.82) is 0 Å². The molecule has 0 aliphatic rings. The van der Waals surface area contributed by atoms with Gasteiger partial charge >= 0.3 is 17.9 Å². The maximum atomic E-state index is 13.2. The number of esters is 3. The second kappa shape index (κ2) is 24.9. The van der Waals surface area contributed by atoms with Crippen LogP contribution in [0.3, 0.4) is 0 Å². The molecule has 0 spiro atoms. The van der Waals surface area contributed by atoms with Crippen molar-refractivity contribution in [2.45, 2.75) is 58.3 Å². The molecule has 61 heavy (non-hydrogen) atoms. The SMILES string of the molecule is CCOC(=O)c1cc(OC(=O)c2ccc(C#Cc3ccc(OCCCCCCO)cc3)cc2)ccc1OC(=O)c1ccc(C#Cc2ccc(OCCCCCCO)cc2)cc1. The van der Waals surface area contributed by atoms with Crippen LogP contribution in [-0.2, 0) is 4.74 Å². The minimum Gasteiger partial charge on any atom is -0.494 e. The molecule has 0 unspecified atom stereocenters. The molecule has 0 atom stereocenters. The van der Waals surface area contributed by atoms with Crippen LogP contribution in [0.1, 0.15) is 112 Å². The normalized spacial score (nSPS) is 10.3. The molecule has 0 saturated heterocycles. The van der Waals surface area contributed by atoms with E-state index >= 15 is 0 Å². The summed E-state index contributed by atoms with van der Waals surface area (Å²) in [6.45, 7) is 3.41. The molecule has 0 saturated carbocycles. The van der Waals surface area contributed by atoms with Gasteiger partial charge in [0.25, 0.3) is 0 Å². The van der Waals surface area contributed by atoms with Crippen LogP contribution in [0.5, 0.6) is 23.0 Å². The van der Waals surface area contributed by atoms with E-state index in [1.807, 2.05) is 48.5 Å². The van der Waals surface area contributed by atoms with Crippen LogP contribution in [-0.4, -0.2) is 61.2 Å². The number of hydrogen-bond donors (Lipinski definition) is 2. The van der Waals surface area contributed by atoms with Crippen molar-refractivity contribution in [3.8, 4) is 46.7 Å². The maximum Gasteiger partial charge on any atom is 0.343 e. The van der Waals surface area contributed by atoms with Crippen molar-refractivity contribution in [3.05, 3.63) is 154 Å². The van der Waals surface area contributed by atoms with Crippen LogP contribution in [0, 0.1) is 23.7 Å². The predicted molar refractivity (Wildman–Crippen MR) is 232 cm³/mol. The molecule has 0 heterocycles. The van der Waals surface area contributed by atoms with E-state index in [1.165, 1.54) is 18.2 Å². The molecular weight excluding hydrogens is 773 g/mol. The highest BCUT2D eigenvalue weighted by molar-refractivity contribution is 5.97. The number of aliphatic hydroxyl groups is 2. The van der Waals surface area contributed by atoms with Crippen LogP contribution in [0.4, 0.5) is 0 Å². The highest BCUT2D eigenvalue weighted by atomic mass is 16.6. The Labute approximate surface area is 357 Å². The van der Waals surface area contributed by atoms with Gasteiger partial charge in [-0.05, 0) is 161 Å². The zero-order valence-corrected chi connectivity index (χ0v) is 34.3. The lowest BCUT2D eigenvalue weighted by molar-refractivity contribution is 0.0518. The summed E-state index contributed by atoms with van der Waals surface area (Å²) in [5, 5.41) is 17.8. The molecular formula is C51H50O10. The summed E-state index contributed by atoms with van der Waals surface area (Å²) in [4.78, 5) is 39.2. The van der Waals surface area contributed by atoms with Crippen LogP contribution in [0.25, 0.3) is 0 Å². The van der Waals surface area contributed by atoms with E-state index in [2.05, 4.69) is 23.7 Å². The van der Waals surface area contributed by atoms with E-state index in [1.54, 1.807) is 55.5 Å². The fourth-order valence-corrected chi connectivity index (χ4v) is 5.81. The van der Waals surface area contributed by atoms with Crippen molar-refractivity contribution in [1.82, 2.24) is 0 Å². The number of benzene rings is 5. The summed E-state index contributed by atoms with van der Waals surface area (Å²) in [5.74, 6) is 11.8. The van der Waals surface area contributed by atoms with Gasteiger partial charge in [0.1, 0.15) is 28.6 Å². The van der Waals surface area contributed by atoms with E-state index in [0.717, 1.165) is 74.0 Å². The molecule has 5 aromatic carbocycles. The summed E-state index contributed by atoms with van der Waals surface area (Å²) in [7, 11) is 0. The van der Waals surface area contributed by atoms with E-state index < -0.39 is 17.9 Å². The summed E-state index contributed by atoms with van der Waals surface area (Å²) in [6.07, 6.45) is 7.50. The van der Waals surface area contributed by atoms with E-state index in [-0.39, 0.29) is 48.0 Å². The topological polar surface area (TPSA) is 138 Å². The largest absolute Gasteiger partial charge is 0.494 e. The minimum atomic E-state index is -0.752. The average Bonchev–Trinajstić information content (AvgIpc) is 3.29. The number of unbranched alkanes of at least 4 members (excludes halogenated alkanes) is 6. The Morgan fingerprint density at radius 1 is 0.459 bits per heavy atom. The maximum absolute atomic E-state index is 13.2. The Morgan fingerprint density at radius 3 is 1.28 bits per heavy atom. The molecule has 0 fully saturated rings. The van der Waals surface area contributed by atoms with Gasteiger partial charge in [-0.25, -0.2) is 14.4 Å². The molecule has 0 aliphatic carbocycles. The van der Waals surface area contributed by atoms with E-state index in [9.17, 15) is 14.4 Å². The Hall–Kier alpha value is -6.85. The monoisotopic (exact) mass is 822 g/mol. The molecule has 2 N–H and O–H groups in total. The van der Waals surface area contributed by atoms with Crippen molar-refractivity contribution in [2.75, 3.05) is 33.0 Å². The van der Waals surface area contributed by atoms with Crippen molar-refractivity contribution < 1.29 is 48.3 Å². The predicted octanol–water partition coefficient (Wildman–Crippen LogP) is 8.96. The standard InChI is InChI=1S/C51H50O10/c1-2-57-51(56)47-37-46(60-49(54)42-23-15-38(16-24-42)11-13-40-19-27-44(28-20-40)58-35-9-5-3-7-33-52)31-32-48(47)61-50(55)43-25-17-39(18-26-43)12-14-41-21-29-45(30-22-41)59-36-10-6-4-8-34-53/h15-32,37,52-53H,2-10,33-36H2,1H3. The molecule has 10 nitrogen and oxygen atoms in total. The first-order valence-electron chi connectivity index (χ1n) is 20.5. The van der Waals surface area contributed by atoms with Gasteiger partial charge in [-0.2, -0.15) is 0 Å². The quantitative estimate of drug-likeness (QED) is 0.0339. The molecule has 314 valence electrons. The third-order valence-corrected chi connectivity index (χ3v) is 9.15. The third-order valence-electron chi connectivity index (χ3n) is 9.15. The molecule has 0 aromatic heterocycles. The van der Waals surface area contributed by atoms with Crippen LogP contribution >= 0.6 is 0 Å². The Bertz CT molecular complexity index is 2290. The second-order valence-electron chi connectivity index (χ2n) is 13.8. The Morgan fingerprint density at radius 2 is 0.852 bits per heavy atom. The Balaban J connectivity index is 1.14. The zero-order valence-electron chi connectivity index (χ0n) is 34.3.